The van der Waals surface area contributed by atoms with Crippen molar-refractivity contribution in [2.75, 3.05) is 119 Å². The first kappa shape index (κ1) is 55.7. The number of carbonyl (C=O) groups is 2. The molecule has 2 aromatic heterocycles. The van der Waals surface area contributed by atoms with Gasteiger partial charge in [-0.15, -0.1) is 0 Å². The molecule has 4 amide bonds. The molecule has 4 N–H and O–H groups in total. The SMILES string of the molecule is CC(O)Cc1ccc(NC(=O)N(c2ccc(-c3nc(N4CCOCC4C)nc(N4CCOCC4C)n3)cc2)N(C(=O)Nc2ccc(C(C)(C)O)cc2)c2ccc(-c3nc(N4CCOCC4C)nc(N4CCOCC4C)n3)cc2)cc1. The molecule has 4 saturated heterocycles. The Kier molecular flexibility index (Phi) is 17.0. The van der Waals surface area contributed by atoms with Crippen LogP contribution in [0.2, 0.25) is 0 Å². The molecule has 22 nitrogen and oxygen atoms in total. The van der Waals surface area contributed by atoms with Gasteiger partial charge in [0.15, 0.2) is 11.6 Å². The first-order valence-corrected chi connectivity index (χ1v) is 27.5. The van der Waals surface area contributed by atoms with Crippen molar-refractivity contribution in [3.63, 3.8) is 0 Å². The summed E-state index contributed by atoms with van der Waals surface area (Å²) < 4.78 is 23.1. The second kappa shape index (κ2) is 24.4. The summed E-state index contributed by atoms with van der Waals surface area (Å²) in [6.07, 6.45) is -0.128. The molecule has 0 bridgehead atoms. The molecule has 4 aliphatic heterocycles. The molecule has 5 unspecified atom stereocenters. The van der Waals surface area contributed by atoms with Crippen molar-refractivity contribution in [1.82, 2.24) is 29.9 Å². The van der Waals surface area contributed by atoms with Crippen molar-refractivity contribution in [3.8, 4) is 22.8 Å². The Morgan fingerprint density at radius 2 is 0.863 bits per heavy atom. The molecule has 6 heterocycles. The van der Waals surface area contributed by atoms with E-state index in [-0.39, 0.29) is 24.2 Å². The monoisotopic (exact) mass is 1090 g/mol. The van der Waals surface area contributed by atoms with Crippen molar-refractivity contribution in [2.24, 2.45) is 0 Å². The highest BCUT2D eigenvalue weighted by atomic mass is 16.5. The zero-order valence-electron chi connectivity index (χ0n) is 46.5. The molecule has 4 aromatic carbocycles. The van der Waals surface area contributed by atoms with Gasteiger partial charge in [-0.3, -0.25) is 0 Å². The van der Waals surface area contributed by atoms with E-state index >= 15 is 9.59 Å². The van der Waals surface area contributed by atoms with E-state index in [9.17, 15) is 10.2 Å². The van der Waals surface area contributed by atoms with Gasteiger partial charge in [0, 0.05) is 48.7 Å². The van der Waals surface area contributed by atoms with Crippen LogP contribution in [0.15, 0.2) is 97.1 Å². The minimum atomic E-state index is -1.13. The van der Waals surface area contributed by atoms with Crippen LogP contribution in [-0.4, -0.2) is 161 Å². The Balaban J connectivity index is 1.07. The third-order valence-electron chi connectivity index (χ3n) is 14.6. The van der Waals surface area contributed by atoms with E-state index in [0.29, 0.717) is 160 Å². The Morgan fingerprint density at radius 1 is 0.537 bits per heavy atom. The molecule has 0 aliphatic carbocycles. The first-order chi connectivity index (χ1) is 38.6. The lowest BCUT2D eigenvalue weighted by Gasteiger charge is -2.36. The Morgan fingerprint density at radius 3 is 1.16 bits per heavy atom. The van der Waals surface area contributed by atoms with E-state index < -0.39 is 23.8 Å². The maximum atomic E-state index is 15.3. The summed E-state index contributed by atoms with van der Waals surface area (Å²) in [7, 11) is 0. The van der Waals surface area contributed by atoms with Gasteiger partial charge in [-0.05, 0) is 139 Å². The Labute approximate surface area is 466 Å². The highest BCUT2D eigenvalue weighted by molar-refractivity contribution is 6.13. The van der Waals surface area contributed by atoms with Gasteiger partial charge < -0.3 is 59.4 Å². The quantitative estimate of drug-likeness (QED) is 0.0842. The number of benzene rings is 4. The second-order valence-electron chi connectivity index (χ2n) is 21.5. The largest absolute Gasteiger partial charge is 0.393 e. The Bertz CT molecular complexity index is 3000. The van der Waals surface area contributed by atoms with Crippen LogP contribution in [0.4, 0.5) is 56.1 Å². The third-order valence-corrected chi connectivity index (χ3v) is 14.6. The molecular formula is C58H72N14O8. The third kappa shape index (κ3) is 12.9. The second-order valence-corrected chi connectivity index (χ2v) is 21.5. The topological polar surface area (TPSA) is 232 Å². The number of carbonyl (C=O) groups excluding carboxylic acids is 2. The van der Waals surface area contributed by atoms with Crippen LogP contribution in [0, 0.1) is 0 Å². The van der Waals surface area contributed by atoms with E-state index in [1.165, 1.54) is 10.0 Å². The lowest BCUT2D eigenvalue weighted by atomic mass is 9.98. The maximum absolute atomic E-state index is 15.3. The number of hydrogen-bond acceptors (Lipinski definition) is 18. The number of aliphatic hydroxyl groups excluding tert-OH is 1. The van der Waals surface area contributed by atoms with Crippen molar-refractivity contribution < 1.29 is 38.7 Å². The Hall–Kier alpha value is -7.60. The predicted molar refractivity (Wildman–Crippen MR) is 308 cm³/mol. The summed E-state index contributed by atoms with van der Waals surface area (Å²) in [6.45, 7) is 20.1. The number of anilines is 8. The standard InChI is InChI=1S/C58H72N14O8/c1-37-33-77-28-24-67(37)52-61-50(62-53(65-52)68-25-29-78-34-38(68)2)43-10-20-48(21-11-43)71(56(74)59-46-16-8-42(9-17-46)32-41(5)73)72(57(75)60-47-18-14-45(15-19-47)58(6,7)76)49-22-12-44(13-23-49)51-63-54(69-26-30-79-35-39(69)3)66-55(64-51)70-27-31-80-36-40(70)4/h8-23,37-41,73,76H,24-36H2,1-7H3,(H,59,74)(H,60,75). The summed E-state index contributed by atoms with van der Waals surface area (Å²) in [5.41, 5.74) is 3.20. The lowest BCUT2D eigenvalue weighted by molar-refractivity contribution is 0.0786. The number of aliphatic hydroxyl groups is 2. The van der Waals surface area contributed by atoms with Crippen LogP contribution in [0.25, 0.3) is 22.8 Å². The highest BCUT2D eigenvalue weighted by Gasteiger charge is 2.33. The van der Waals surface area contributed by atoms with Gasteiger partial charge in [0.1, 0.15) is 0 Å². The van der Waals surface area contributed by atoms with Crippen LogP contribution < -0.4 is 40.3 Å². The van der Waals surface area contributed by atoms with E-state index in [1.54, 1.807) is 81.4 Å². The number of aromatic nitrogens is 6. The molecule has 6 aromatic rings. The van der Waals surface area contributed by atoms with E-state index in [0.717, 1.165) is 5.56 Å². The van der Waals surface area contributed by atoms with Crippen molar-refractivity contribution in [1.29, 1.82) is 0 Å². The lowest BCUT2D eigenvalue weighted by Crippen LogP contribution is -2.53. The fourth-order valence-corrected chi connectivity index (χ4v) is 10.1. The normalized spacial score (nSPS) is 20.3. The molecular weight excluding hydrogens is 1020 g/mol. The van der Waals surface area contributed by atoms with Gasteiger partial charge in [-0.1, -0.05) is 24.3 Å². The van der Waals surface area contributed by atoms with Gasteiger partial charge in [-0.25, -0.2) is 9.59 Å². The number of nitrogens with zero attached hydrogens (tertiary/aromatic N) is 12. The van der Waals surface area contributed by atoms with Crippen LogP contribution in [0.5, 0.6) is 0 Å². The minimum absolute atomic E-state index is 0.0214. The molecule has 4 aliphatic rings. The molecule has 422 valence electrons. The summed E-state index contributed by atoms with van der Waals surface area (Å²) in [4.78, 5) is 69.2. The summed E-state index contributed by atoms with van der Waals surface area (Å²) in [5, 5.41) is 29.5. The number of nitrogens with one attached hydrogen (secondary N) is 2. The molecule has 22 heteroatoms. The predicted octanol–water partition coefficient (Wildman–Crippen LogP) is 7.13. The molecule has 0 spiro atoms. The van der Waals surface area contributed by atoms with Gasteiger partial charge in [0.25, 0.3) is 0 Å². The number of hydrazine groups is 1. The van der Waals surface area contributed by atoms with E-state index in [1.807, 2.05) is 36.4 Å². The zero-order chi connectivity index (χ0) is 56.1. The summed E-state index contributed by atoms with van der Waals surface area (Å²) in [6, 6.07) is 27.1. The number of morpholine rings is 4. The average Bonchev–Trinajstić information content (AvgIpc) is 3.48. The summed E-state index contributed by atoms with van der Waals surface area (Å²) >= 11 is 0. The number of urea groups is 2. The average molecular weight is 1090 g/mol. The first-order valence-electron chi connectivity index (χ1n) is 27.5. The van der Waals surface area contributed by atoms with Crippen LogP contribution in [-0.2, 0) is 31.0 Å². The van der Waals surface area contributed by atoms with Crippen molar-refractivity contribution in [2.45, 2.75) is 90.8 Å². The van der Waals surface area contributed by atoms with Crippen LogP contribution >= 0.6 is 0 Å². The molecule has 80 heavy (non-hydrogen) atoms. The van der Waals surface area contributed by atoms with Gasteiger partial charge >= 0.3 is 12.1 Å². The summed E-state index contributed by atoms with van der Waals surface area (Å²) in [5.74, 6) is 2.97. The molecule has 10 rings (SSSR count). The smallest absolute Gasteiger partial charge is 0.345 e. The number of ether oxygens (including phenoxy) is 4. The fraction of sp³-hybridized carbons (Fsp3) is 0.448. The van der Waals surface area contributed by atoms with Gasteiger partial charge in [0.05, 0.1) is 100 Å². The van der Waals surface area contributed by atoms with Gasteiger partial charge in [0.2, 0.25) is 23.8 Å². The van der Waals surface area contributed by atoms with E-state index in [4.69, 9.17) is 48.9 Å². The number of rotatable bonds is 13. The van der Waals surface area contributed by atoms with E-state index in [2.05, 4.69) is 57.9 Å². The van der Waals surface area contributed by atoms with Gasteiger partial charge in [-0.2, -0.15) is 39.9 Å². The number of amides is 4. The minimum Gasteiger partial charge on any atom is -0.393 e. The van der Waals surface area contributed by atoms with Crippen molar-refractivity contribution >= 4 is 58.6 Å². The van der Waals surface area contributed by atoms with Crippen LogP contribution in [0.3, 0.4) is 0 Å². The van der Waals surface area contributed by atoms with Crippen molar-refractivity contribution in [3.05, 3.63) is 108 Å². The fourth-order valence-electron chi connectivity index (χ4n) is 10.1. The molecule has 0 radical (unpaired) electrons. The molecule has 0 saturated carbocycles. The molecule has 4 fully saturated rings. The van der Waals surface area contributed by atoms with Crippen LogP contribution in [0.1, 0.15) is 59.6 Å². The maximum Gasteiger partial charge on any atom is 0.345 e. The highest BCUT2D eigenvalue weighted by Crippen LogP contribution is 2.33. The zero-order valence-corrected chi connectivity index (χ0v) is 46.5. The number of hydrogen-bond donors (Lipinski definition) is 4. The molecule has 5 atom stereocenters.